The van der Waals surface area contributed by atoms with Gasteiger partial charge in [0, 0.05) is 18.8 Å². The molecule has 2 heterocycles. The second kappa shape index (κ2) is 6.56. The van der Waals surface area contributed by atoms with E-state index in [0.717, 1.165) is 19.4 Å². The Balaban J connectivity index is 1.96. The summed E-state index contributed by atoms with van der Waals surface area (Å²) in [4.78, 5) is 21.3. The van der Waals surface area contributed by atoms with Gasteiger partial charge in [0.15, 0.2) is 0 Å². The molecule has 6 nitrogen and oxygen atoms in total. The van der Waals surface area contributed by atoms with E-state index in [0.29, 0.717) is 12.4 Å². The first kappa shape index (κ1) is 13.9. The summed E-state index contributed by atoms with van der Waals surface area (Å²) in [5.74, 6) is 0.404. The standard InChI is InChI=1S/C12H16ClN3O3/c1-18-12-14-5-4-10(15-12)19-9-3-2-6-16(8-9)11(17)7-13/h4-5,9H,2-3,6-8H2,1H3. The molecule has 0 aromatic carbocycles. The van der Waals surface area contributed by atoms with E-state index in [2.05, 4.69) is 9.97 Å². The number of halogens is 1. The number of nitrogens with zero attached hydrogens (tertiary/aromatic N) is 3. The molecule has 1 atom stereocenters. The van der Waals surface area contributed by atoms with Crippen LogP contribution in [0.3, 0.4) is 0 Å². The highest BCUT2D eigenvalue weighted by Crippen LogP contribution is 2.18. The number of carbonyl (C=O) groups excluding carboxylic acids is 1. The number of hydrogen-bond acceptors (Lipinski definition) is 5. The van der Waals surface area contributed by atoms with Gasteiger partial charge < -0.3 is 14.4 Å². The normalized spacial score (nSPS) is 19.1. The highest BCUT2D eigenvalue weighted by molar-refractivity contribution is 6.27. The maximum absolute atomic E-state index is 11.6. The van der Waals surface area contributed by atoms with Crippen molar-refractivity contribution < 1.29 is 14.3 Å². The first-order valence-electron chi connectivity index (χ1n) is 6.10. The van der Waals surface area contributed by atoms with Gasteiger partial charge >= 0.3 is 6.01 Å². The predicted octanol–water partition coefficient (Wildman–Crippen LogP) is 1.09. The van der Waals surface area contributed by atoms with Gasteiger partial charge in [-0.05, 0) is 12.8 Å². The minimum Gasteiger partial charge on any atom is -0.472 e. The third kappa shape index (κ3) is 3.70. The minimum atomic E-state index is -0.0690. The Morgan fingerprint density at radius 1 is 1.63 bits per heavy atom. The number of likely N-dealkylation sites (tertiary alicyclic amines) is 1. The zero-order valence-corrected chi connectivity index (χ0v) is 11.5. The fourth-order valence-electron chi connectivity index (χ4n) is 2.01. The monoisotopic (exact) mass is 285 g/mol. The summed E-state index contributed by atoms with van der Waals surface area (Å²) in [6.45, 7) is 1.27. The molecular formula is C12H16ClN3O3. The number of hydrogen-bond donors (Lipinski definition) is 0. The first-order chi connectivity index (χ1) is 9.22. The Morgan fingerprint density at radius 3 is 3.21 bits per heavy atom. The first-order valence-corrected chi connectivity index (χ1v) is 6.64. The van der Waals surface area contributed by atoms with E-state index < -0.39 is 0 Å². The Bertz CT molecular complexity index is 444. The summed E-state index contributed by atoms with van der Waals surface area (Å²) in [5, 5.41) is 0. The lowest BCUT2D eigenvalue weighted by molar-refractivity contribution is -0.131. The molecule has 1 unspecified atom stereocenters. The molecule has 1 saturated heterocycles. The van der Waals surface area contributed by atoms with Crippen LogP contribution in [0.5, 0.6) is 11.9 Å². The number of aromatic nitrogens is 2. The number of carbonyl (C=O) groups is 1. The van der Waals surface area contributed by atoms with E-state index >= 15 is 0 Å². The van der Waals surface area contributed by atoms with Gasteiger partial charge in [-0.15, -0.1) is 11.6 Å². The van der Waals surface area contributed by atoms with Crippen molar-refractivity contribution in [2.24, 2.45) is 0 Å². The van der Waals surface area contributed by atoms with Crippen molar-refractivity contribution in [3.63, 3.8) is 0 Å². The summed E-state index contributed by atoms with van der Waals surface area (Å²) in [6, 6.07) is 1.94. The highest BCUT2D eigenvalue weighted by Gasteiger charge is 2.24. The zero-order valence-electron chi connectivity index (χ0n) is 10.7. The van der Waals surface area contributed by atoms with Gasteiger partial charge in [-0.3, -0.25) is 4.79 Å². The smallest absolute Gasteiger partial charge is 0.319 e. The van der Waals surface area contributed by atoms with Crippen molar-refractivity contribution in [1.82, 2.24) is 14.9 Å². The van der Waals surface area contributed by atoms with Gasteiger partial charge in [-0.25, -0.2) is 4.98 Å². The van der Waals surface area contributed by atoms with Crippen LogP contribution in [0.25, 0.3) is 0 Å². The molecule has 1 aromatic heterocycles. The second-order valence-corrected chi connectivity index (χ2v) is 4.50. The lowest BCUT2D eigenvalue weighted by atomic mass is 10.1. The van der Waals surface area contributed by atoms with Crippen molar-refractivity contribution in [1.29, 1.82) is 0 Å². The Kier molecular flexibility index (Phi) is 4.79. The van der Waals surface area contributed by atoms with Gasteiger partial charge in [0.2, 0.25) is 11.8 Å². The van der Waals surface area contributed by atoms with Gasteiger partial charge in [0.1, 0.15) is 12.0 Å². The summed E-state index contributed by atoms with van der Waals surface area (Å²) >= 11 is 5.56. The summed E-state index contributed by atoms with van der Waals surface area (Å²) in [6.07, 6.45) is 3.29. The third-order valence-electron chi connectivity index (χ3n) is 2.92. The number of amides is 1. The maximum Gasteiger partial charge on any atom is 0.319 e. The predicted molar refractivity (Wildman–Crippen MR) is 69.5 cm³/mol. The Hall–Kier alpha value is -1.56. The zero-order chi connectivity index (χ0) is 13.7. The number of piperidine rings is 1. The molecule has 0 bridgehead atoms. The Morgan fingerprint density at radius 2 is 2.47 bits per heavy atom. The van der Waals surface area contributed by atoms with Crippen LogP contribution in [-0.2, 0) is 4.79 Å². The molecule has 1 aromatic rings. The van der Waals surface area contributed by atoms with Gasteiger partial charge in [0.25, 0.3) is 0 Å². The highest BCUT2D eigenvalue weighted by atomic mass is 35.5. The second-order valence-electron chi connectivity index (χ2n) is 4.24. The molecule has 0 radical (unpaired) electrons. The summed E-state index contributed by atoms with van der Waals surface area (Å²) < 4.78 is 10.7. The molecule has 2 rings (SSSR count). The summed E-state index contributed by atoms with van der Waals surface area (Å²) in [5.41, 5.74) is 0. The summed E-state index contributed by atoms with van der Waals surface area (Å²) in [7, 11) is 1.50. The SMILES string of the molecule is COc1nccc(OC2CCCN(C(=O)CCl)C2)n1. The molecule has 0 spiro atoms. The third-order valence-corrected chi connectivity index (χ3v) is 3.15. The number of rotatable bonds is 4. The van der Waals surface area contributed by atoms with Crippen LogP contribution in [0.15, 0.2) is 12.3 Å². The lowest BCUT2D eigenvalue weighted by Crippen LogP contribution is -2.45. The van der Waals surface area contributed by atoms with E-state index in [1.165, 1.54) is 7.11 Å². The topological polar surface area (TPSA) is 64.6 Å². The molecular weight excluding hydrogens is 270 g/mol. The van der Waals surface area contributed by atoms with Crippen LogP contribution in [0, 0.1) is 0 Å². The average molecular weight is 286 g/mol. The largest absolute Gasteiger partial charge is 0.472 e. The maximum atomic E-state index is 11.6. The quantitative estimate of drug-likeness (QED) is 0.775. The van der Waals surface area contributed by atoms with Crippen molar-refractivity contribution in [3.8, 4) is 11.9 Å². The Labute approximate surface area is 116 Å². The number of alkyl halides is 1. The van der Waals surface area contributed by atoms with E-state index in [-0.39, 0.29) is 23.9 Å². The molecule has 19 heavy (non-hydrogen) atoms. The molecule has 1 aliphatic rings. The molecule has 0 saturated carbocycles. The molecule has 104 valence electrons. The number of methoxy groups -OCH3 is 1. The van der Waals surface area contributed by atoms with Crippen molar-refractivity contribution in [2.75, 3.05) is 26.1 Å². The molecule has 1 amide bonds. The van der Waals surface area contributed by atoms with Gasteiger partial charge in [-0.2, -0.15) is 4.98 Å². The van der Waals surface area contributed by atoms with Crippen molar-refractivity contribution >= 4 is 17.5 Å². The van der Waals surface area contributed by atoms with E-state index in [4.69, 9.17) is 21.1 Å². The average Bonchev–Trinajstić information content (AvgIpc) is 2.47. The van der Waals surface area contributed by atoms with Gasteiger partial charge in [0.05, 0.1) is 13.7 Å². The molecule has 1 aliphatic heterocycles. The van der Waals surface area contributed by atoms with Crippen LogP contribution >= 0.6 is 11.6 Å². The van der Waals surface area contributed by atoms with Crippen molar-refractivity contribution in [3.05, 3.63) is 12.3 Å². The molecule has 1 fully saturated rings. The molecule has 0 N–H and O–H groups in total. The molecule has 0 aliphatic carbocycles. The molecule has 7 heteroatoms. The fourth-order valence-corrected chi connectivity index (χ4v) is 2.17. The van der Waals surface area contributed by atoms with Crippen molar-refractivity contribution in [2.45, 2.75) is 18.9 Å². The minimum absolute atomic E-state index is 0.00799. The lowest BCUT2D eigenvalue weighted by Gasteiger charge is -2.32. The van der Waals surface area contributed by atoms with Crippen LogP contribution < -0.4 is 9.47 Å². The van der Waals surface area contributed by atoms with Crippen LogP contribution in [0.1, 0.15) is 12.8 Å². The van der Waals surface area contributed by atoms with Gasteiger partial charge in [-0.1, -0.05) is 0 Å². The van der Waals surface area contributed by atoms with E-state index in [9.17, 15) is 4.79 Å². The van der Waals surface area contributed by atoms with Crippen LogP contribution in [-0.4, -0.2) is 53.0 Å². The van der Waals surface area contributed by atoms with E-state index in [1.54, 1.807) is 17.2 Å². The fraction of sp³-hybridized carbons (Fsp3) is 0.583. The number of ether oxygens (including phenoxy) is 2. The van der Waals surface area contributed by atoms with Crippen LogP contribution in [0.4, 0.5) is 0 Å². The van der Waals surface area contributed by atoms with Crippen LogP contribution in [0.2, 0.25) is 0 Å². The van der Waals surface area contributed by atoms with E-state index in [1.807, 2.05) is 0 Å².